The lowest BCUT2D eigenvalue weighted by Crippen LogP contribution is -2.43. The Morgan fingerprint density at radius 2 is 2.00 bits per heavy atom. The average molecular weight is 288 g/mol. The molecule has 0 spiro atoms. The molecule has 3 heteroatoms. The molecule has 0 bridgehead atoms. The standard InChI is InChI=1S/C18H25FN2/c1-18(2,3)15-6-4-5-7-17(15)21-12-13-8-9-16(19)14(10-13)11-20/h8-10,15,17,21H,4-7,12H2,1-3H3. The molecular formula is C18H25FN2. The zero-order valence-corrected chi connectivity index (χ0v) is 13.2. The van der Waals surface area contributed by atoms with Gasteiger partial charge in [0.05, 0.1) is 5.56 Å². The van der Waals surface area contributed by atoms with E-state index in [1.165, 1.54) is 31.7 Å². The second-order valence-corrected chi connectivity index (χ2v) is 7.17. The van der Waals surface area contributed by atoms with Crippen molar-refractivity contribution >= 4 is 0 Å². The summed E-state index contributed by atoms with van der Waals surface area (Å²) in [4.78, 5) is 0. The first-order chi connectivity index (χ1) is 9.91. The highest BCUT2D eigenvalue weighted by Gasteiger charge is 2.33. The lowest BCUT2D eigenvalue weighted by Gasteiger charge is -2.41. The third-order valence-corrected chi connectivity index (χ3v) is 4.60. The van der Waals surface area contributed by atoms with Crippen molar-refractivity contribution in [3.8, 4) is 6.07 Å². The van der Waals surface area contributed by atoms with Crippen LogP contribution < -0.4 is 5.32 Å². The van der Waals surface area contributed by atoms with Crippen LogP contribution in [0.15, 0.2) is 18.2 Å². The fourth-order valence-corrected chi connectivity index (χ4v) is 3.43. The molecule has 1 aromatic carbocycles. The summed E-state index contributed by atoms with van der Waals surface area (Å²) >= 11 is 0. The molecule has 0 aromatic heterocycles. The Morgan fingerprint density at radius 3 is 2.67 bits per heavy atom. The van der Waals surface area contributed by atoms with E-state index in [1.807, 2.05) is 6.07 Å². The molecular weight excluding hydrogens is 263 g/mol. The van der Waals surface area contributed by atoms with Crippen molar-refractivity contribution in [1.82, 2.24) is 5.32 Å². The number of benzene rings is 1. The van der Waals surface area contributed by atoms with E-state index in [1.54, 1.807) is 12.1 Å². The third-order valence-electron chi connectivity index (χ3n) is 4.60. The molecule has 2 rings (SSSR count). The maximum atomic E-state index is 13.3. The van der Waals surface area contributed by atoms with Gasteiger partial charge in [0.25, 0.3) is 0 Å². The minimum Gasteiger partial charge on any atom is -0.310 e. The van der Waals surface area contributed by atoms with Crippen molar-refractivity contribution in [2.75, 3.05) is 0 Å². The van der Waals surface area contributed by atoms with E-state index < -0.39 is 5.82 Å². The van der Waals surface area contributed by atoms with Crippen LogP contribution in [0.1, 0.15) is 57.6 Å². The molecule has 0 heterocycles. The van der Waals surface area contributed by atoms with E-state index in [9.17, 15) is 4.39 Å². The Bertz CT molecular complexity index is 525. The van der Waals surface area contributed by atoms with E-state index in [0.29, 0.717) is 23.9 Å². The van der Waals surface area contributed by atoms with Crippen molar-refractivity contribution in [1.29, 1.82) is 5.26 Å². The molecule has 1 saturated carbocycles. The predicted molar refractivity (Wildman–Crippen MR) is 83.2 cm³/mol. The Labute approximate surface area is 127 Å². The molecule has 2 atom stereocenters. The number of halogens is 1. The van der Waals surface area contributed by atoms with Gasteiger partial charge in [-0.3, -0.25) is 0 Å². The summed E-state index contributed by atoms with van der Waals surface area (Å²) < 4.78 is 13.3. The van der Waals surface area contributed by atoms with E-state index >= 15 is 0 Å². The minimum atomic E-state index is -0.438. The molecule has 1 aliphatic rings. The molecule has 1 aliphatic carbocycles. The molecule has 1 fully saturated rings. The van der Waals surface area contributed by atoms with Gasteiger partial charge >= 0.3 is 0 Å². The molecule has 0 aliphatic heterocycles. The largest absolute Gasteiger partial charge is 0.310 e. The smallest absolute Gasteiger partial charge is 0.140 e. The van der Waals surface area contributed by atoms with Crippen LogP contribution in [-0.2, 0) is 6.54 Å². The molecule has 1 N–H and O–H groups in total. The lowest BCUT2D eigenvalue weighted by molar-refractivity contribution is 0.130. The van der Waals surface area contributed by atoms with Crippen LogP contribution in [0, 0.1) is 28.5 Å². The van der Waals surface area contributed by atoms with Crippen molar-refractivity contribution in [2.45, 2.75) is 59.0 Å². The first kappa shape index (κ1) is 16.0. The van der Waals surface area contributed by atoms with Gasteiger partial charge in [0.15, 0.2) is 0 Å². The average Bonchev–Trinajstić information content (AvgIpc) is 2.45. The van der Waals surface area contributed by atoms with E-state index in [0.717, 1.165) is 5.56 Å². The van der Waals surface area contributed by atoms with Gasteiger partial charge in [0, 0.05) is 12.6 Å². The van der Waals surface area contributed by atoms with Gasteiger partial charge in [-0.05, 0) is 41.9 Å². The van der Waals surface area contributed by atoms with Crippen molar-refractivity contribution in [2.24, 2.45) is 11.3 Å². The summed E-state index contributed by atoms with van der Waals surface area (Å²) in [5.74, 6) is 0.230. The summed E-state index contributed by atoms with van der Waals surface area (Å²) in [6, 6.07) is 7.21. The van der Waals surface area contributed by atoms with Gasteiger partial charge in [0.1, 0.15) is 11.9 Å². The summed E-state index contributed by atoms with van der Waals surface area (Å²) in [5, 5.41) is 12.5. The topological polar surface area (TPSA) is 35.8 Å². The van der Waals surface area contributed by atoms with Crippen molar-refractivity contribution < 1.29 is 4.39 Å². The second kappa shape index (κ2) is 6.58. The van der Waals surface area contributed by atoms with E-state index in [4.69, 9.17) is 5.26 Å². The maximum Gasteiger partial charge on any atom is 0.140 e. The summed E-state index contributed by atoms with van der Waals surface area (Å²) in [5.41, 5.74) is 1.41. The van der Waals surface area contributed by atoms with Gasteiger partial charge in [-0.15, -0.1) is 0 Å². The summed E-state index contributed by atoms with van der Waals surface area (Å²) in [6.07, 6.45) is 5.06. The normalized spacial score (nSPS) is 22.8. The van der Waals surface area contributed by atoms with Gasteiger partial charge in [0.2, 0.25) is 0 Å². The van der Waals surface area contributed by atoms with Crippen LogP contribution in [0.3, 0.4) is 0 Å². The van der Waals surface area contributed by atoms with Gasteiger partial charge < -0.3 is 5.32 Å². The fourth-order valence-electron chi connectivity index (χ4n) is 3.43. The maximum absolute atomic E-state index is 13.3. The second-order valence-electron chi connectivity index (χ2n) is 7.17. The molecule has 0 saturated heterocycles. The zero-order chi connectivity index (χ0) is 15.5. The molecule has 2 unspecified atom stereocenters. The zero-order valence-electron chi connectivity index (χ0n) is 13.2. The van der Waals surface area contributed by atoms with Gasteiger partial charge in [-0.2, -0.15) is 5.26 Å². The van der Waals surface area contributed by atoms with Gasteiger partial charge in [-0.25, -0.2) is 4.39 Å². The Balaban J connectivity index is 2.03. The number of hydrogen-bond donors (Lipinski definition) is 1. The number of nitriles is 1. The third kappa shape index (κ3) is 4.04. The molecule has 2 nitrogen and oxygen atoms in total. The predicted octanol–water partition coefficient (Wildman–Crippen LogP) is 4.39. The highest BCUT2D eigenvalue weighted by atomic mass is 19.1. The minimum absolute atomic E-state index is 0.130. The molecule has 114 valence electrons. The van der Waals surface area contributed by atoms with Crippen LogP contribution in [0.25, 0.3) is 0 Å². The number of hydrogen-bond acceptors (Lipinski definition) is 2. The summed E-state index contributed by atoms with van der Waals surface area (Å²) in [6.45, 7) is 7.63. The van der Waals surface area contributed by atoms with Crippen LogP contribution in [-0.4, -0.2) is 6.04 Å². The van der Waals surface area contributed by atoms with Crippen molar-refractivity contribution in [3.63, 3.8) is 0 Å². The fraction of sp³-hybridized carbons (Fsp3) is 0.611. The first-order valence-corrected chi connectivity index (χ1v) is 7.83. The highest BCUT2D eigenvalue weighted by molar-refractivity contribution is 5.34. The number of nitrogens with zero attached hydrogens (tertiary/aromatic N) is 1. The monoisotopic (exact) mass is 288 g/mol. The van der Waals surface area contributed by atoms with Gasteiger partial charge in [-0.1, -0.05) is 39.7 Å². The Morgan fingerprint density at radius 1 is 1.29 bits per heavy atom. The Hall–Kier alpha value is -1.40. The number of nitrogens with one attached hydrogen (secondary N) is 1. The van der Waals surface area contributed by atoms with Crippen molar-refractivity contribution in [3.05, 3.63) is 35.1 Å². The highest BCUT2D eigenvalue weighted by Crippen LogP contribution is 2.38. The molecule has 1 aromatic rings. The quantitative estimate of drug-likeness (QED) is 0.895. The van der Waals surface area contributed by atoms with Crippen LogP contribution in [0.5, 0.6) is 0 Å². The summed E-state index contributed by atoms with van der Waals surface area (Å²) in [7, 11) is 0. The SMILES string of the molecule is CC(C)(C)C1CCCCC1NCc1ccc(F)c(C#N)c1. The van der Waals surface area contributed by atoms with Crippen LogP contribution in [0.4, 0.5) is 4.39 Å². The number of rotatable bonds is 3. The molecule has 0 amide bonds. The lowest BCUT2D eigenvalue weighted by atomic mass is 9.69. The van der Waals surface area contributed by atoms with Crippen LogP contribution in [0.2, 0.25) is 0 Å². The molecule has 21 heavy (non-hydrogen) atoms. The first-order valence-electron chi connectivity index (χ1n) is 7.83. The Kier molecular flexibility index (Phi) is 5.00. The van der Waals surface area contributed by atoms with E-state index in [-0.39, 0.29) is 5.56 Å². The molecule has 0 radical (unpaired) electrons. The van der Waals surface area contributed by atoms with E-state index in [2.05, 4.69) is 26.1 Å². The van der Waals surface area contributed by atoms with Crippen LogP contribution >= 0.6 is 0 Å².